The molecule has 4 atom stereocenters. The number of rotatable bonds is 14. The van der Waals surface area contributed by atoms with Crippen LogP contribution in [-0.4, -0.2) is 61.9 Å². The summed E-state index contributed by atoms with van der Waals surface area (Å²) in [7, 11) is -3.03. The zero-order valence-corrected chi connectivity index (χ0v) is 31.2. The smallest absolute Gasteiger partial charge is 0.410 e. The average molecular weight is 716 g/mol. The monoisotopic (exact) mass is 715 g/mol. The minimum absolute atomic E-state index is 0.0850. The van der Waals surface area contributed by atoms with Crippen LogP contribution in [0.1, 0.15) is 37.5 Å². The Morgan fingerprint density at radius 1 is 0.596 bits per heavy atom. The molecule has 7 nitrogen and oxygen atoms in total. The highest BCUT2D eigenvalue weighted by Crippen LogP contribution is 2.39. The van der Waals surface area contributed by atoms with Gasteiger partial charge >= 0.3 is 6.09 Å². The largest absolute Gasteiger partial charge is 0.445 e. The minimum atomic E-state index is -3.03. The molecule has 8 heteroatoms. The molecule has 0 bridgehead atoms. The summed E-state index contributed by atoms with van der Waals surface area (Å²) in [4.78, 5) is 16.0. The Bertz CT molecular complexity index is 1770. The van der Waals surface area contributed by atoms with Gasteiger partial charge in [-0.2, -0.15) is 0 Å². The Balaban J connectivity index is 1.41. The van der Waals surface area contributed by atoms with Crippen LogP contribution in [0.15, 0.2) is 152 Å². The third-order valence-electron chi connectivity index (χ3n) is 9.86. The number of likely N-dealkylation sites (tertiary alicyclic amines) is 1. The lowest BCUT2D eigenvalue weighted by atomic mass is 10.1. The van der Waals surface area contributed by atoms with Crippen molar-refractivity contribution in [1.82, 2.24) is 4.90 Å². The van der Waals surface area contributed by atoms with Gasteiger partial charge in [-0.15, -0.1) is 0 Å². The lowest BCUT2D eigenvalue weighted by Crippen LogP contribution is -2.67. The second kappa shape index (κ2) is 17.3. The maximum absolute atomic E-state index is 14.3. The van der Waals surface area contributed by atoms with E-state index in [2.05, 4.69) is 69.3 Å². The average Bonchev–Trinajstić information content (AvgIpc) is 3.49. The zero-order valence-electron chi connectivity index (χ0n) is 30.2. The topological polar surface area (TPSA) is 77.5 Å². The normalized spacial score (nSPS) is 19.0. The number of hydrogen-bond donors (Lipinski definition) is 1. The van der Waals surface area contributed by atoms with Gasteiger partial charge in [-0.25, -0.2) is 4.79 Å². The molecule has 6 rings (SSSR count). The molecule has 1 amide bonds. The molecule has 1 fully saturated rings. The molecule has 1 saturated heterocycles. The second-order valence-electron chi connectivity index (χ2n) is 14.3. The van der Waals surface area contributed by atoms with Crippen molar-refractivity contribution in [3.63, 3.8) is 0 Å². The number of aliphatic hydroxyl groups is 1. The zero-order chi connectivity index (χ0) is 36.4. The van der Waals surface area contributed by atoms with Gasteiger partial charge in [0.2, 0.25) is 0 Å². The Labute approximate surface area is 308 Å². The lowest BCUT2D eigenvalue weighted by molar-refractivity contribution is -0.0851. The van der Waals surface area contributed by atoms with E-state index in [0.29, 0.717) is 0 Å². The van der Waals surface area contributed by atoms with Crippen molar-refractivity contribution in [2.45, 2.75) is 69.9 Å². The van der Waals surface area contributed by atoms with E-state index in [1.807, 2.05) is 103 Å². The second-order valence-corrected chi connectivity index (χ2v) is 18.6. The standard InChI is InChI=1S/C44H49NO6Si/c1-44(2,3)52(37-25-15-7-16-26-37,38-27-17-8-18-28-38)51-33-40-42(49-31-35-21-11-5-12-22-35)41(48-30-34-19-9-4-10-20-34)39(29-46)45(40)43(47)50-32-36-23-13-6-14-24-36/h4-28,39-42,46H,29-33H2,1-3H3/t39-,40+,41-,42+/m0/s1. The summed E-state index contributed by atoms with van der Waals surface area (Å²) < 4.78 is 26.9. The summed E-state index contributed by atoms with van der Waals surface area (Å²) in [6.07, 6.45) is -1.88. The molecule has 1 aliphatic rings. The van der Waals surface area contributed by atoms with E-state index in [1.54, 1.807) is 4.90 Å². The summed E-state index contributed by atoms with van der Waals surface area (Å²) in [5.74, 6) is 0. The van der Waals surface area contributed by atoms with Gasteiger partial charge in [-0.05, 0) is 32.1 Å². The Hall–Kier alpha value is -4.57. The van der Waals surface area contributed by atoms with E-state index in [-0.39, 0.29) is 38.1 Å². The predicted octanol–water partition coefficient (Wildman–Crippen LogP) is 7.12. The van der Waals surface area contributed by atoms with Crippen molar-refractivity contribution >= 4 is 24.8 Å². The Morgan fingerprint density at radius 2 is 0.981 bits per heavy atom. The number of carbonyl (C=O) groups is 1. The molecule has 0 aromatic heterocycles. The van der Waals surface area contributed by atoms with Gasteiger partial charge in [0.05, 0.1) is 38.5 Å². The molecule has 270 valence electrons. The fraction of sp³-hybridized carbons (Fsp3) is 0.295. The van der Waals surface area contributed by atoms with Crippen molar-refractivity contribution in [3.05, 3.63) is 168 Å². The number of ether oxygens (including phenoxy) is 3. The van der Waals surface area contributed by atoms with Crippen LogP contribution in [0, 0.1) is 0 Å². The first-order valence-corrected chi connectivity index (χ1v) is 19.9. The van der Waals surface area contributed by atoms with Gasteiger partial charge in [0.1, 0.15) is 18.8 Å². The van der Waals surface area contributed by atoms with Crippen molar-refractivity contribution in [2.24, 2.45) is 0 Å². The molecular weight excluding hydrogens is 667 g/mol. The van der Waals surface area contributed by atoms with Gasteiger partial charge in [0.25, 0.3) is 8.32 Å². The first kappa shape index (κ1) is 37.2. The van der Waals surface area contributed by atoms with Gasteiger partial charge in [-0.3, -0.25) is 4.90 Å². The fourth-order valence-corrected chi connectivity index (χ4v) is 11.9. The van der Waals surface area contributed by atoms with Crippen molar-refractivity contribution in [1.29, 1.82) is 0 Å². The summed E-state index contributed by atoms with van der Waals surface area (Å²) in [6, 6.07) is 48.9. The van der Waals surface area contributed by atoms with Crippen molar-refractivity contribution in [2.75, 3.05) is 13.2 Å². The maximum atomic E-state index is 14.3. The van der Waals surface area contributed by atoms with E-state index >= 15 is 0 Å². The molecule has 1 N–H and O–H groups in total. The molecule has 5 aromatic carbocycles. The Kier molecular flexibility index (Phi) is 12.4. The molecule has 5 aromatic rings. The molecule has 0 aliphatic carbocycles. The summed E-state index contributed by atoms with van der Waals surface area (Å²) in [6.45, 7) is 7.12. The molecule has 0 radical (unpaired) electrons. The number of nitrogens with zero attached hydrogens (tertiary/aromatic N) is 1. The summed E-state index contributed by atoms with van der Waals surface area (Å²) in [5.41, 5.74) is 2.83. The van der Waals surface area contributed by atoms with Crippen LogP contribution in [0.4, 0.5) is 4.79 Å². The third kappa shape index (κ3) is 8.38. The molecule has 0 spiro atoms. The van der Waals surface area contributed by atoms with Gasteiger partial charge in [0, 0.05) is 0 Å². The van der Waals surface area contributed by atoms with E-state index in [0.717, 1.165) is 27.1 Å². The first-order valence-electron chi connectivity index (χ1n) is 18.0. The van der Waals surface area contributed by atoms with E-state index in [1.165, 1.54) is 0 Å². The SMILES string of the molecule is CC(C)(C)[Si](OC[C@@H]1[C@@H](OCc2ccccc2)[C@@H](OCc2ccccc2)[C@H](CO)N1C(=O)OCc1ccccc1)(c1ccccc1)c1ccccc1. The van der Waals surface area contributed by atoms with Crippen molar-refractivity contribution < 1.29 is 28.5 Å². The molecule has 0 unspecified atom stereocenters. The van der Waals surface area contributed by atoms with E-state index < -0.39 is 38.7 Å². The molecular formula is C44H49NO6Si. The maximum Gasteiger partial charge on any atom is 0.410 e. The van der Waals surface area contributed by atoms with Crippen LogP contribution >= 0.6 is 0 Å². The number of aliphatic hydroxyl groups excluding tert-OH is 1. The van der Waals surface area contributed by atoms with Gasteiger partial charge in [-0.1, -0.05) is 172 Å². The van der Waals surface area contributed by atoms with Crippen LogP contribution in [-0.2, 0) is 38.5 Å². The minimum Gasteiger partial charge on any atom is -0.445 e. The van der Waals surface area contributed by atoms with Crippen LogP contribution in [0.3, 0.4) is 0 Å². The van der Waals surface area contributed by atoms with Crippen LogP contribution in [0.25, 0.3) is 0 Å². The first-order chi connectivity index (χ1) is 25.3. The lowest BCUT2D eigenvalue weighted by Gasteiger charge is -2.44. The summed E-state index contributed by atoms with van der Waals surface area (Å²) >= 11 is 0. The number of amides is 1. The third-order valence-corrected chi connectivity index (χ3v) is 14.9. The highest BCUT2D eigenvalue weighted by molar-refractivity contribution is 6.99. The van der Waals surface area contributed by atoms with Crippen molar-refractivity contribution in [3.8, 4) is 0 Å². The molecule has 1 aliphatic heterocycles. The van der Waals surface area contributed by atoms with Crippen LogP contribution in [0.2, 0.25) is 5.04 Å². The number of hydrogen-bond acceptors (Lipinski definition) is 6. The number of benzene rings is 5. The van der Waals surface area contributed by atoms with Gasteiger partial charge in [0.15, 0.2) is 0 Å². The highest BCUT2D eigenvalue weighted by Gasteiger charge is 2.56. The number of carbonyl (C=O) groups excluding carboxylic acids is 1. The van der Waals surface area contributed by atoms with Gasteiger partial charge < -0.3 is 23.7 Å². The predicted molar refractivity (Wildman–Crippen MR) is 207 cm³/mol. The molecule has 0 saturated carbocycles. The van der Waals surface area contributed by atoms with E-state index in [4.69, 9.17) is 18.6 Å². The Morgan fingerprint density at radius 3 is 1.38 bits per heavy atom. The highest BCUT2D eigenvalue weighted by atomic mass is 28.4. The van der Waals surface area contributed by atoms with Crippen LogP contribution < -0.4 is 10.4 Å². The van der Waals surface area contributed by atoms with E-state index in [9.17, 15) is 9.90 Å². The summed E-state index contributed by atoms with van der Waals surface area (Å²) in [5, 5.41) is 13.0. The quantitative estimate of drug-likeness (QED) is 0.124. The van der Waals surface area contributed by atoms with Crippen LogP contribution in [0.5, 0.6) is 0 Å². The molecule has 52 heavy (non-hydrogen) atoms. The fourth-order valence-electron chi connectivity index (χ4n) is 7.35. The molecule has 1 heterocycles.